The van der Waals surface area contributed by atoms with Crippen molar-refractivity contribution in [1.29, 1.82) is 0 Å². The number of benzene rings is 2. The Hall–Kier alpha value is -4.20. The van der Waals surface area contributed by atoms with Crippen LogP contribution in [0.1, 0.15) is 71.7 Å². The fourth-order valence-corrected chi connectivity index (χ4v) is 6.34. The molecular formula is C31H34N6O2. The molecule has 6 rings (SSSR count). The molecule has 2 aliphatic carbocycles. The van der Waals surface area contributed by atoms with Gasteiger partial charge in [0, 0.05) is 35.1 Å². The smallest absolute Gasteiger partial charge is 0.270 e. The van der Waals surface area contributed by atoms with Crippen LogP contribution in [0, 0.1) is 19.3 Å². The van der Waals surface area contributed by atoms with Crippen molar-refractivity contribution in [2.75, 3.05) is 5.32 Å². The molecule has 200 valence electrons. The number of aromatic amines is 1. The van der Waals surface area contributed by atoms with Gasteiger partial charge in [-0.3, -0.25) is 19.4 Å². The predicted molar refractivity (Wildman–Crippen MR) is 151 cm³/mol. The molecule has 0 bridgehead atoms. The van der Waals surface area contributed by atoms with Gasteiger partial charge in [-0.25, -0.2) is 0 Å². The molecule has 4 aromatic rings. The fraction of sp³-hybridized carbons (Fsp3) is 0.355. The van der Waals surface area contributed by atoms with Crippen molar-refractivity contribution in [2.24, 2.45) is 5.41 Å². The second-order valence-electron chi connectivity index (χ2n) is 11.3. The van der Waals surface area contributed by atoms with Crippen molar-refractivity contribution in [1.82, 2.24) is 25.3 Å². The van der Waals surface area contributed by atoms with Crippen LogP contribution in [0.15, 0.2) is 60.8 Å². The SMILES string of the molecule is Cc1n[nH]c(C)c1-c1ccc(NC(=O)[C@@H](NC(=O)c2ccnn2C(C)C)C2c3ccccc3CC23CC3)cc1. The van der Waals surface area contributed by atoms with Crippen molar-refractivity contribution in [3.05, 3.63) is 89.0 Å². The first-order chi connectivity index (χ1) is 18.8. The van der Waals surface area contributed by atoms with E-state index in [1.807, 2.05) is 58.0 Å². The summed E-state index contributed by atoms with van der Waals surface area (Å²) >= 11 is 0. The number of hydrogen-bond donors (Lipinski definition) is 3. The molecule has 1 unspecified atom stereocenters. The van der Waals surface area contributed by atoms with Crippen LogP contribution in [0.4, 0.5) is 5.69 Å². The van der Waals surface area contributed by atoms with Gasteiger partial charge in [0.15, 0.2) is 0 Å². The molecule has 1 saturated carbocycles. The topological polar surface area (TPSA) is 105 Å². The van der Waals surface area contributed by atoms with Gasteiger partial charge in [0.05, 0.1) is 5.69 Å². The number of H-pyrrole nitrogens is 1. The second-order valence-corrected chi connectivity index (χ2v) is 11.3. The maximum absolute atomic E-state index is 14.0. The van der Waals surface area contributed by atoms with Crippen LogP contribution in [0.25, 0.3) is 11.1 Å². The Morgan fingerprint density at radius 2 is 1.79 bits per heavy atom. The minimum absolute atomic E-state index is 0.0114. The molecule has 0 saturated heterocycles. The summed E-state index contributed by atoms with van der Waals surface area (Å²) in [5.74, 6) is -0.596. The first-order valence-corrected chi connectivity index (χ1v) is 13.6. The number of aromatic nitrogens is 4. The number of amides is 2. The van der Waals surface area contributed by atoms with Crippen molar-refractivity contribution in [3.8, 4) is 11.1 Å². The quantitative estimate of drug-likeness (QED) is 0.305. The van der Waals surface area contributed by atoms with E-state index < -0.39 is 6.04 Å². The molecular weight excluding hydrogens is 488 g/mol. The Morgan fingerprint density at radius 1 is 1.05 bits per heavy atom. The highest BCUT2D eigenvalue weighted by Gasteiger charge is 2.58. The third-order valence-electron chi connectivity index (χ3n) is 8.35. The molecule has 1 spiro atoms. The molecule has 8 nitrogen and oxygen atoms in total. The average Bonchev–Trinajstić information content (AvgIpc) is 3.24. The lowest BCUT2D eigenvalue weighted by atomic mass is 9.82. The van der Waals surface area contributed by atoms with E-state index in [0.717, 1.165) is 47.3 Å². The van der Waals surface area contributed by atoms with E-state index in [1.165, 1.54) is 5.56 Å². The number of carbonyl (C=O) groups excluding carboxylic acids is 2. The lowest BCUT2D eigenvalue weighted by Gasteiger charge is -2.30. The van der Waals surface area contributed by atoms with E-state index in [9.17, 15) is 9.59 Å². The summed E-state index contributed by atoms with van der Waals surface area (Å²) in [7, 11) is 0. The normalized spacial score (nSPS) is 17.7. The number of anilines is 1. The van der Waals surface area contributed by atoms with Crippen molar-refractivity contribution in [2.45, 2.75) is 65.0 Å². The van der Waals surface area contributed by atoms with Crippen molar-refractivity contribution in [3.63, 3.8) is 0 Å². The molecule has 2 aliphatic rings. The van der Waals surface area contributed by atoms with Crippen LogP contribution in [-0.4, -0.2) is 37.8 Å². The van der Waals surface area contributed by atoms with E-state index in [0.29, 0.717) is 11.4 Å². The maximum Gasteiger partial charge on any atom is 0.270 e. The number of aryl methyl sites for hydroxylation is 2. The molecule has 1 fully saturated rings. The second kappa shape index (κ2) is 9.52. The van der Waals surface area contributed by atoms with E-state index in [-0.39, 0.29) is 29.2 Å². The van der Waals surface area contributed by atoms with Gasteiger partial charge >= 0.3 is 0 Å². The number of nitrogens with zero attached hydrogens (tertiary/aromatic N) is 3. The third kappa shape index (κ3) is 4.43. The molecule has 2 aromatic carbocycles. The Morgan fingerprint density at radius 3 is 2.46 bits per heavy atom. The third-order valence-corrected chi connectivity index (χ3v) is 8.35. The first kappa shape index (κ1) is 25.1. The maximum atomic E-state index is 14.0. The standard InChI is InChI=1S/C31H34N6O2/c1-18(2)37-25(13-16-32-37)29(38)34-28(27-24-8-6-5-7-22(24)17-31(27)14-15-31)30(39)33-23-11-9-21(10-12-23)26-19(3)35-36-20(26)4/h5-13,16,18,27-28H,14-15,17H2,1-4H3,(H,33,39)(H,34,38)(H,35,36)/t27?,28-/m0/s1. The largest absolute Gasteiger partial charge is 0.338 e. The summed E-state index contributed by atoms with van der Waals surface area (Å²) in [6.45, 7) is 7.93. The summed E-state index contributed by atoms with van der Waals surface area (Å²) in [5, 5.41) is 17.9. The zero-order chi connectivity index (χ0) is 27.3. The Labute approximate surface area is 228 Å². The predicted octanol–water partition coefficient (Wildman–Crippen LogP) is 5.33. The van der Waals surface area contributed by atoms with E-state index in [4.69, 9.17) is 0 Å². The summed E-state index contributed by atoms with van der Waals surface area (Å²) in [6, 6.07) is 17.1. The van der Waals surface area contributed by atoms with Crippen LogP contribution in [0.2, 0.25) is 0 Å². The van der Waals surface area contributed by atoms with Gasteiger partial charge in [-0.15, -0.1) is 0 Å². The Balaban J connectivity index is 1.31. The fourth-order valence-electron chi connectivity index (χ4n) is 6.34. The van der Waals surface area contributed by atoms with Crippen molar-refractivity contribution >= 4 is 17.5 Å². The minimum atomic E-state index is -0.725. The monoisotopic (exact) mass is 522 g/mol. The number of rotatable bonds is 7. The summed E-state index contributed by atoms with van der Waals surface area (Å²) < 4.78 is 1.69. The van der Waals surface area contributed by atoms with Gasteiger partial charge in [-0.05, 0) is 87.3 Å². The Bertz CT molecular complexity index is 1520. The lowest BCUT2D eigenvalue weighted by Crippen LogP contribution is -2.49. The highest BCUT2D eigenvalue weighted by molar-refractivity contribution is 6.01. The van der Waals surface area contributed by atoms with Crippen molar-refractivity contribution < 1.29 is 9.59 Å². The highest BCUT2D eigenvalue weighted by atomic mass is 16.2. The molecule has 2 amide bonds. The molecule has 2 atom stereocenters. The molecule has 0 radical (unpaired) electrons. The van der Waals surface area contributed by atoms with Gasteiger partial charge in [0.25, 0.3) is 5.91 Å². The van der Waals surface area contributed by atoms with Crippen LogP contribution < -0.4 is 10.6 Å². The highest BCUT2D eigenvalue weighted by Crippen LogP contribution is 2.64. The zero-order valence-electron chi connectivity index (χ0n) is 22.8. The minimum Gasteiger partial charge on any atom is -0.338 e. The number of hydrogen-bond acceptors (Lipinski definition) is 4. The summed E-state index contributed by atoms with van der Waals surface area (Å²) in [5.41, 5.74) is 7.62. The van der Waals surface area contributed by atoms with Gasteiger partial charge < -0.3 is 10.6 Å². The van der Waals surface area contributed by atoms with Crippen LogP contribution in [-0.2, 0) is 11.2 Å². The number of nitrogens with one attached hydrogen (secondary N) is 3. The molecule has 0 aliphatic heterocycles. The number of carbonyl (C=O) groups is 2. The average molecular weight is 523 g/mol. The van der Waals surface area contributed by atoms with Crippen LogP contribution in [0.5, 0.6) is 0 Å². The van der Waals surface area contributed by atoms with Gasteiger partial charge in [0.1, 0.15) is 11.7 Å². The number of fused-ring (bicyclic) bond motifs is 1. The van der Waals surface area contributed by atoms with Crippen LogP contribution >= 0.6 is 0 Å². The van der Waals surface area contributed by atoms with Gasteiger partial charge in [-0.1, -0.05) is 36.4 Å². The molecule has 8 heteroatoms. The molecule has 3 N–H and O–H groups in total. The molecule has 2 aromatic heterocycles. The van der Waals surface area contributed by atoms with Crippen LogP contribution in [0.3, 0.4) is 0 Å². The van der Waals surface area contributed by atoms with E-state index >= 15 is 0 Å². The van der Waals surface area contributed by atoms with Gasteiger partial charge in [-0.2, -0.15) is 10.2 Å². The summed E-state index contributed by atoms with van der Waals surface area (Å²) in [6.07, 6.45) is 4.67. The lowest BCUT2D eigenvalue weighted by molar-refractivity contribution is -0.118. The van der Waals surface area contributed by atoms with E-state index in [2.05, 4.69) is 44.1 Å². The zero-order valence-corrected chi connectivity index (χ0v) is 22.8. The summed E-state index contributed by atoms with van der Waals surface area (Å²) in [4.78, 5) is 27.6. The van der Waals surface area contributed by atoms with E-state index in [1.54, 1.807) is 16.9 Å². The molecule has 39 heavy (non-hydrogen) atoms. The Kier molecular flexibility index (Phi) is 6.13. The van der Waals surface area contributed by atoms with Gasteiger partial charge in [0.2, 0.25) is 5.91 Å². The molecule has 2 heterocycles. The first-order valence-electron chi connectivity index (χ1n) is 13.6.